The fraction of sp³-hybridized carbons (Fsp3) is 0.444. The number of benzene rings is 2. The van der Waals surface area contributed by atoms with E-state index in [2.05, 4.69) is 61.3 Å². The number of aryl methyl sites for hydroxylation is 2. The Hall–Kier alpha value is -2.63. The summed E-state index contributed by atoms with van der Waals surface area (Å²) in [4.78, 5) is 13.6. The quantitative estimate of drug-likeness (QED) is 0.563. The van der Waals surface area contributed by atoms with Crippen molar-refractivity contribution in [3.8, 4) is 0 Å². The minimum Gasteiger partial charge on any atom is -0.478 e. The molecule has 3 rings (SSSR count). The van der Waals surface area contributed by atoms with Crippen LogP contribution in [0.5, 0.6) is 0 Å². The molecule has 0 saturated carbocycles. The van der Waals surface area contributed by atoms with E-state index < -0.39 is 5.97 Å². The molecule has 0 bridgehead atoms. The zero-order valence-electron chi connectivity index (χ0n) is 19.7. The monoisotopic (exact) mass is 436 g/mol. The first kappa shape index (κ1) is 24.0. The fourth-order valence-electron chi connectivity index (χ4n) is 4.47. The number of allylic oxidation sites excluding steroid dienone is 1. The van der Waals surface area contributed by atoms with Gasteiger partial charge in [-0.25, -0.2) is 4.79 Å². The summed E-state index contributed by atoms with van der Waals surface area (Å²) in [6, 6.07) is 12.4. The first-order valence-electron chi connectivity index (χ1n) is 11.6. The number of ether oxygens (including phenoxy) is 1. The lowest BCUT2D eigenvalue weighted by Gasteiger charge is -2.35. The van der Waals surface area contributed by atoms with Crippen LogP contribution in [-0.2, 0) is 11.2 Å². The van der Waals surface area contributed by atoms with Gasteiger partial charge in [0.25, 0.3) is 0 Å². The van der Waals surface area contributed by atoms with Gasteiger partial charge >= 0.3 is 5.97 Å². The normalized spacial score (nSPS) is 17.6. The Morgan fingerprint density at radius 1 is 1.34 bits per heavy atom. The molecule has 1 heterocycles. The molecule has 5 heteroatoms. The number of rotatable bonds is 9. The summed E-state index contributed by atoms with van der Waals surface area (Å²) in [6.07, 6.45) is 6.43. The van der Waals surface area contributed by atoms with Crippen molar-refractivity contribution in [3.05, 3.63) is 70.3 Å². The molecule has 2 aromatic rings. The maximum atomic E-state index is 11.3. The number of carboxylic acids is 1. The Bertz CT molecular complexity index is 954. The van der Waals surface area contributed by atoms with Gasteiger partial charge in [-0.3, -0.25) is 0 Å². The van der Waals surface area contributed by atoms with E-state index in [0.717, 1.165) is 43.7 Å². The number of nitrogens with zero attached hydrogens (tertiary/aromatic N) is 1. The van der Waals surface area contributed by atoms with Crippen molar-refractivity contribution in [1.82, 2.24) is 5.32 Å². The van der Waals surface area contributed by atoms with Gasteiger partial charge in [-0.2, -0.15) is 0 Å². The molecule has 1 saturated heterocycles. The van der Waals surface area contributed by atoms with Gasteiger partial charge in [0.1, 0.15) is 0 Å². The molecule has 2 unspecified atom stereocenters. The summed E-state index contributed by atoms with van der Waals surface area (Å²) in [5.41, 5.74) is 6.26. The number of nitrogens with one attached hydrogen (secondary N) is 1. The zero-order valence-corrected chi connectivity index (χ0v) is 19.7. The number of anilines is 1. The van der Waals surface area contributed by atoms with Crippen LogP contribution in [0.1, 0.15) is 65.8 Å². The van der Waals surface area contributed by atoms with Gasteiger partial charge in [-0.1, -0.05) is 37.3 Å². The third kappa shape index (κ3) is 5.78. The lowest BCUT2D eigenvalue weighted by Crippen LogP contribution is -2.43. The maximum absolute atomic E-state index is 11.3. The number of hydrogen-bond acceptors (Lipinski definition) is 4. The highest BCUT2D eigenvalue weighted by Gasteiger charge is 2.22. The lowest BCUT2D eigenvalue weighted by molar-refractivity contribution is 0.0351. The van der Waals surface area contributed by atoms with Crippen molar-refractivity contribution >= 4 is 17.7 Å². The fourth-order valence-corrected chi connectivity index (χ4v) is 4.47. The van der Waals surface area contributed by atoms with Crippen LogP contribution in [0, 0.1) is 6.92 Å². The van der Waals surface area contributed by atoms with E-state index in [1.807, 2.05) is 19.1 Å². The van der Waals surface area contributed by atoms with Gasteiger partial charge in [0.15, 0.2) is 0 Å². The standard InChI is InChI=1S/C27H36N2O3/c1-5-8-26-21(6-2)9-7-10-25(26)20(4)28-14-13-23-18-29(15-16-32-23)22-11-12-24(27(30)31)19(3)17-22/h5,7-12,17,20,23,28H,6,13-16,18H2,1-4H3,(H,30,31)/b8-5-. The molecule has 172 valence electrons. The molecule has 0 spiro atoms. The topological polar surface area (TPSA) is 61.8 Å². The van der Waals surface area contributed by atoms with Crippen LogP contribution in [0.25, 0.3) is 6.08 Å². The molecule has 1 aliphatic heterocycles. The third-order valence-electron chi connectivity index (χ3n) is 6.27. The molecule has 1 aliphatic rings. The molecule has 2 aromatic carbocycles. The Balaban J connectivity index is 1.58. The van der Waals surface area contributed by atoms with Crippen molar-refractivity contribution in [2.45, 2.75) is 52.7 Å². The van der Waals surface area contributed by atoms with Crippen LogP contribution in [0.2, 0.25) is 0 Å². The van der Waals surface area contributed by atoms with E-state index >= 15 is 0 Å². The minimum atomic E-state index is -0.879. The molecule has 32 heavy (non-hydrogen) atoms. The average molecular weight is 437 g/mol. The van der Waals surface area contributed by atoms with Crippen molar-refractivity contribution in [2.24, 2.45) is 0 Å². The molecule has 0 aromatic heterocycles. The summed E-state index contributed by atoms with van der Waals surface area (Å²) < 4.78 is 6.02. The second kappa shape index (κ2) is 11.3. The molecule has 0 radical (unpaired) electrons. The molecule has 2 atom stereocenters. The van der Waals surface area contributed by atoms with Gasteiger partial charge in [0, 0.05) is 24.8 Å². The molecular formula is C27H36N2O3. The van der Waals surface area contributed by atoms with E-state index in [1.54, 1.807) is 6.07 Å². The summed E-state index contributed by atoms with van der Waals surface area (Å²) in [6.45, 7) is 11.5. The Morgan fingerprint density at radius 2 is 2.16 bits per heavy atom. The average Bonchev–Trinajstić information content (AvgIpc) is 2.79. The first-order chi connectivity index (χ1) is 15.4. The van der Waals surface area contributed by atoms with Crippen molar-refractivity contribution in [3.63, 3.8) is 0 Å². The SMILES string of the molecule is C/C=C\c1c(CC)cccc1C(C)NCCC1CN(c2ccc(C(=O)O)c(C)c2)CCO1. The van der Waals surface area contributed by atoms with Crippen LogP contribution < -0.4 is 10.2 Å². The Kier molecular flexibility index (Phi) is 8.48. The Labute approximate surface area is 192 Å². The van der Waals surface area contributed by atoms with Gasteiger partial charge in [0.2, 0.25) is 0 Å². The van der Waals surface area contributed by atoms with Crippen LogP contribution in [0.4, 0.5) is 5.69 Å². The van der Waals surface area contributed by atoms with Crippen molar-refractivity contribution < 1.29 is 14.6 Å². The lowest BCUT2D eigenvalue weighted by atomic mass is 9.94. The van der Waals surface area contributed by atoms with E-state index in [1.165, 1.54) is 16.7 Å². The smallest absolute Gasteiger partial charge is 0.335 e. The minimum absolute atomic E-state index is 0.153. The highest BCUT2D eigenvalue weighted by molar-refractivity contribution is 5.89. The number of carbonyl (C=O) groups is 1. The number of aromatic carboxylic acids is 1. The summed E-state index contributed by atoms with van der Waals surface area (Å²) in [5, 5.41) is 12.9. The highest BCUT2D eigenvalue weighted by Crippen LogP contribution is 2.25. The third-order valence-corrected chi connectivity index (χ3v) is 6.27. The molecule has 5 nitrogen and oxygen atoms in total. The van der Waals surface area contributed by atoms with E-state index in [0.29, 0.717) is 12.2 Å². The maximum Gasteiger partial charge on any atom is 0.335 e. The number of morpholine rings is 1. The largest absolute Gasteiger partial charge is 0.478 e. The molecule has 0 aliphatic carbocycles. The van der Waals surface area contributed by atoms with Gasteiger partial charge in [-0.05, 0) is 80.6 Å². The summed E-state index contributed by atoms with van der Waals surface area (Å²) >= 11 is 0. The zero-order chi connectivity index (χ0) is 23.1. The summed E-state index contributed by atoms with van der Waals surface area (Å²) in [5.74, 6) is -0.879. The van der Waals surface area contributed by atoms with Crippen LogP contribution in [-0.4, -0.2) is 43.4 Å². The van der Waals surface area contributed by atoms with Crippen LogP contribution >= 0.6 is 0 Å². The molecule has 0 amide bonds. The Morgan fingerprint density at radius 3 is 2.84 bits per heavy atom. The number of carboxylic acid groups (broad SMARTS) is 1. The van der Waals surface area contributed by atoms with Crippen molar-refractivity contribution in [2.75, 3.05) is 31.1 Å². The highest BCUT2D eigenvalue weighted by atomic mass is 16.5. The van der Waals surface area contributed by atoms with Gasteiger partial charge in [0.05, 0.1) is 18.3 Å². The molecule has 2 N–H and O–H groups in total. The summed E-state index contributed by atoms with van der Waals surface area (Å²) in [7, 11) is 0. The second-order valence-corrected chi connectivity index (χ2v) is 8.48. The van der Waals surface area contributed by atoms with E-state index in [-0.39, 0.29) is 12.1 Å². The predicted molar refractivity (Wildman–Crippen MR) is 132 cm³/mol. The van der Waals surface area contributed by atoms with Gasteiger partial charge < -0.3 is 20.1 Å². The first-order valence-corrected chi connectivity index (χ1v) is 11.6. The predicted octanol–water partition coefficient (Wildman–Crippen LogP) is 5.23. The van der Waals surface area contributed by atoms with Crippen LogP contribution in [0.3, 0.4) is 0 Å². The number of hydrogen-bond donors (Lipinski definition) is 2. The molecule has 1 fully saturated rings. The van der Waals surface area contributed by atoms with Crippen LogP contribution in [0.15, 0.2) is 42.5 Å². The molecular weight excluding hydrogens is 400 g/mol. The van der Waals surface area contributed by atoms with E-state index in [9.17, 15) is 9.90 Å². The van der Waals surface area contributed by atoms with Gasteiger partial charge in [-0.15, -0.1) is 0 Å². The second-order valence-electron chi connectivity index (χ2n) is 8.48. The van der Waals surface area contributed by atoms with E-state index in [4.69, 9.17) is 4.74 Å². The van der Waals surface area contributed by atoms with Crippen molar-refractivity contribution in [1.29, 1.82) is 0 Å².